The van der Waals surface area contributed by atoms with Gasteiger partial charge in [0.25, 0.3) is 5.91 Å². The maximum atomic E-state index is 12.0. The Hall–Kier alpha value is -1.42. The molecule has 0 bridgehead atoms. The molecule has 110 valence electrons. The lowest BCUT2D eigenvalue weighted by Crippen LogP contribution is -2.25. The Morgan fingerprint density at radius 3 is 2.38 bits per heavy atom. The number of hydrogen-bond acceptors (Lipinski definition) is 2. The molecule has 0 unspecified atom stereocenters. The Kier molecular flexibility index (Phi) is 5.34. The van der Waals surface area contributed by atoms with Crippen LogP contribution in [-0.2, 0) is 6.42 Å². The first kappa shape index (κ1) is 16.0. The van der Waals surface area contributed by atoms with E-state index < -0.39 is 0 Å². The maximum absolute atomic E-state index is 12.0. The molecule has 2 rings (SSSR count). The van der Waals surface area contributed by atoms with Gasteiger partial charge in [0.15, 0.2) is 0 Å². The average molecular weight is 344 g/mol. The second-order valence-corrected chi connectivity index (χ2v) is 5.72. The van der Waals surface area contributed by atoms with Crippen LogP contribution in [0.3, 0.4) is 0 Å². The van der Waals surface area contributed by atoms with Gasteiger partial charge in [0.05, 0.1) is 15.7 Å². The third-order valence-electron chi connectivity index (χ3n) is 2.93. The molecule has 6 heteroatoms. The van der Waals surface area contributed by atoms with Gasteiger partial charge >= 0.3 is 0 Å². The van der Waals surface area contributed by atoms with E-state index in [2.05, 4.69) is 5.32 Å². The first-order chi connectivity index (χ1) is 9.97. The highest BCUT2D eigenvalue weighted by atomic mass is 35.5. The van der Waals surface area contributed by atoms with Crippen LogP contribution >= 0.6 is 34.8 Å². The quantitative estimate of drug-likeness (QED) is 0.817. The fourth-order valence-electron chi connectivity index (χ4n) is 1.81. The number of benzene rings is 2. The van der Waals surface area contributed by atoms with Crippen LogP contribution in [-0.4, -0.2) is 12.5 Å². The summed E-state index contributed by atoms with van der Waals surface area (Å²) in [6, 6.07) is 10.5. The second-order valence-electron chi connectivity index (χ2n) is 4.49. The van der Waals surface area contributed by atoms with E-state index >= 15 is 0 Å². The van der Waals surface area contributed by atoms with E-state index in [1.54, 1.807) is 0 Å². The lowest BCUT2D eigenvalue weighted by molar-refractivity contribution is 0.0954. The van der Waals surface area contributed by atoms with Gasteiger partial charge in [-0.1, -0.05) is 46.9 Å². The molecule has 0 saturated heterocycles. The summed E-state index contributed by atoms with van der Waals surface area (Å²) in [6.07, 6.45) is 0.708. The average Bonchev–Trinajstić information content (AvgIpc) is 2.46. The minimum Gasteiger partial charge on any atom is -0.397 e. The molecule has 0 aliphatic heterocycles. The summed E-state index contributed by atoms with van der Waals surface area (Å²) in [4.78, 5) is 12.0. The third-order valence-corrected chi connectivity index (χ3v) is 4.00. The van der Waals surface area contributed by atoms with Crippen LogP contribution in [0.5, 0.6) is 0 Å². The van der Waals surface area contributed by atoms with Crippen LogP contribution in [0, 0.1) is 0 Å². The van der Waals surface area contributed by atoms with Crippen molar-refractivity contribution in [1.29, 1.82) is 0 Å². The third kappa shape index (κ3) is 4.27. The number of halogens is 3. The Morgan fingerprint density at radius 1 is 1.10 bits per heavy atom. The topological polar surface area (TPSA) is 55.1 Å². The molecule has 0 aliphatic rings. The van der Waals surface area contributed by atoms with Gasteiger partial charge in [-0.3, -0.25) is 4.79 Å². The van der Waals surface area contributed by atoms with Gasteiger partial charge < -0.3 is 11.1 Å². The molecule has 2 aromatic carbocycles. The van der Waals surface area contributed by atoms with E-state index in [9.17, 15) is 4.79 Å². The zero-order valence-electron chi connectivity index (χ0n) is 11.0. The molecule has 0 aliphatic carbocycles. The summed E-state index contributed by atoms with van der Waals surface area (Å²) >= 11 is 17.6. The summed E-state index contributed by atoms with van der Waals surface area (Å²) < 4.78 is 0. The van der Waals surface area contributed by atoms with Crippen LogP contribution in [0.4, 0.5) is 5.69 Å². The minimum atomic E-state index is -0.241. The predicted octanol–water partition coefficient (Wildman–Crippen LogP) is 4.20. The number of amides is 1. The lowest BCUT2D eigenvalue weighted by atomic mass is 10.1. The number of rotatable bonds is 4. The Labute approximate surface area is 138 Å². The highest BCUT2D eigenvalue weighted by Gasteiger charge is 2.10. The molecule has 2 aromatic rings. The molecule has 0 saturated carbocycles. The Morgan fingerprint density at radius 2 is 1.76 bits per heavy atom. The predicted molar refractivity (Wildman–Crippen MR) is 88.4 cm³/mol. The van der Waals surface area contributed by atoms with Crippen molar-refractivity contribution in [3.8, 4) is 0 Å². The zero-order chi connectivity index (χ0) is 15.4. The highest BCUT2D eigenvalue weighted by molar-refractivity contribution is 6.43. The van der Waals surface area contributed by atoms with Crippen LogP contribution in [0.15, 0.2) is 36.4 Å². The van der Waals surface area contributed by atoms with E-state index in [1.807, 2.05) is 24.3 Å². The van der Waals surface area contributed by atoms with E-state index in [-0.39, 0.29) is 21.6 Å². The molecule has 0 radical (unpaired) electrons. The first-order valence-corrected chi connectivity index (χ1v) is 7.38. The van der Waals surface area contributed by atoms with Gasteiger partial charge in [0.1, 0.15) is 0 Å². The molecule has 0 aromatic heterocycles. The molecule has 3 nitrogen and oxygen atoms in total. The smallest absolute Gasteiger partial charge is 0.251 e. The first-order valence-electron chi connectivity index (χ1n) is 6.24. The molecule has 21 heavy (non-hydrogen) atoms. The standard InChI is InChI=1S/C15H13Cl3N2O/c16-11-3-1-9(2-4-11)5-6-20-15(21)10-7-12(17)14(18)13(19)8-10/h1-4,7-8H,5-6,19H2,(H,20,21). The molecular formula is C15H13Cl3N2O. The Balaban J connectivity index is 1.94. The normalized spacial score (nSPS) is 10.4. The number of nitrogens with two attached hydrogens (primary N) is 1. The van der Waals surface area contributed by atoms with Crippen molar-refractivity contribution in [1.82, 2.24) is 5.32 Å². The van der Waals surface area contributed by atoms with E-state index in [0.717, 1.165) is 5.56 Å². The van der Waals surface area contributed by atoms with E-state index in [0.29, 0.717) is 23.6 Å². The summed E-state index contributed by atoms with van der Waals surface area (Å²) in [5.74, 6) is -0.241. The number of carbonyl (C=O) groups excluding carboxylic acids is 1. The van der Waals surface area contributed by atoms with Gasteiger partial charge in [-0.15, -0.1) is 0 Å². The van der Waals surface area contributed by atoms with Crippen LogP contribution in [0.2, 0.25) is 15.1 Å². The lowest BCUT2D eigenvalue weighted by Gasteiger charge is -2.08. The van der Waals surface area contributed by atoms with Crippen molar-refractivity contribution in [2.24, 2.45) is 0 Å². The Bertz CT molecular complexity index is 633. The number of nitrogens with one attached hydrogen (secondary N) is 1. The van der Waals surface area contributed by atoms with Gasteiger partial charge in [-0.05, 0) is 36.2 Å². The van der Waals surface area contributed by atoms with Crippen molar-refractivity contribution in [2.75, 3.05) is 12.3 Å². The molecular weight excluding hydrogens is 331 g/mol. The fourth-order valence-corrected chi connectivity index (χ4v) is 2.28. The van der Waals surface area contributed by atoms with Crippen molar-refractivity contribution < 1.29 is 4.79 Å². The summed E-state index contributed by atoms with van der Waals surface area (Å²) in [5, 5.41) is 4.02. The number of nitrogen functional groups attached to an aromatic ring is 1. The van der Waals surface area contributed by atoms with Crippen LogP contribution in [0.1, 0.15) is 15.9 Å². The fraction of sp³-hybridized carbons (Fsp3) is 0.133. The number of carbonyl (C=O) groups is 1. The summed E-state index contributed by atoms with van der Waals surface area (Å²) in [7, 11) is 0. The maximum Gasteiger partial charge on any atom is 0.251 e. The van der Waals surface area contributed by atoms with Crippen molar-refractivity contribution in [3.05, 3.63) is 62.6 Å². The molecule has 3 N–H and O–H groups in total. The second kappa shape index (κ2) is 7.03. The highest BCUT2D eigenvalue weighted by Crippen LogP contribution is 2.29. The largest absolute Gasteiger partial charge is 0.397 e. The molecule has 0 heterocycles. The van der Waals surface area contributed by atoms with E-state index in [4.69, 9.17) is 40.5 Å². The van der Waals surface area contributed by atoms with Gasteiger partial charge in [-0.25, -0.2) is 0 Å². The van der Waals surface area contributed by atoms with Crippen LogP contribution < -0.4 is 11.1 Å². The molecule has 0 spiro atoms. The van der Waals surface area contributed by atoms with Crippen molar-refractivity contribution in [2.45, 2.75) is 6.42 Å². The van der Waals surface area contributed by atoms with Gasteiger partial charge in [0, 0.05) is 17.1 Å². The molecule has 0 fully saturated rings. The molecule has 1 amide bonds. The van der Waals surface area contributed by atoms with Crippen molar-refractivity contribution in [3.63, 3.8) is 0 Å². The van der Waals surface area contributed by atoms with E-state index in [1.165, 1.54) is 12.1 Å². The number of anilines is 1. The monoisotopic (exact) mass is 342 g/mol. The molecule has 0 atom stereocenters. The van der Waals surface area contributed by atoms with Gasteiger partial charge in [0.2, 0.25) is 0 Å². The van der Waals surface area contributed by atoms with Crippen molar-refractivity contribution >= 4 is 46.4 Å². The van der Waals surface area contributed by atoms with Crippen LogP contribution in [0.25, 0.3) is 0 Å². The minimum absolute atomic E-state index is 0.241. The number of hydrogen-bond donors (Lipinski definition) is 2. The summed E-state index contributed by atoms with van der Waals surface area (Å²) in [6.45, 7) is 0.501. The zero-order valence-corrected chi connectivity index (χ0v) is 13.3. The SMILES string of the molecule is Nc1cc(C(=O)NCCc2ccc(Cl)cc2)cc(Cl)c1Cl. The summed E-state index contributed by atoms with van der Waals surface area (Å²) in [5.41, 5.74) is 7.45. The van der Waals surface area contributed by atoms with Gasteiger partial charge in [-0.2, -0.15) is 0 Å².